The van der Waals surface area contributed by atoms with Gasteiger partial charge in [-0.1, -0.05) is 113 Å². The summed E-state index contributed by atoms with van der Waals surface area (Å²) in [6.45, 7) is 13.8. The van der Waals surface area contributed by atoms with Crippen LogP contribution in [0.3, 0.4) is 0 Å². The van der Waals surface area contributed by atoms with E-state index in [2.05, 4.69) is 114 Å². The van der Waals surface area contributed by atoms with Crippen molar-refractivity contribution in [2.24, 2.45) is 5.41 Å². The largest absolute Gasteiger partial charge is 0.0914 e. The van der Waals surface area contributed by atoms with Gasteiger partial charge in [0.2, 0.25) is 0 Å². The van der Waals surface area contributed by atoms with Crippen molar-refractivity contribution in [3.05, 3.63) is 94.0 Å². The Kier molecular flexibility index (Phi) is 8.64. The molecule has 0 nitrogen and oxygen atoms in total. The van der Waals surface area contributed by atoms with Gasteiger partial charge >= 0.3 is 0 Å². The molecule has 0 unspecified atom stereocenters. The molecule has 0 saturated heterocycles. The molecule has 1 saturated carbocycles. The molecule has 1 aliphatic carbocycles. The maximum atomic E-state index is 3.70. The predicted molar refractivity (Wildman–Crippen MR) is 161 cm³/mol. The fourth-order valence-electron chi connectivity index (χ4n) is 6.39. The van der Waals surface area contributed by atoms with Crippen LogP contribution < -0.4 is 0 Å². The molecule has 3 aromatic carbocycles. The van der Waals surface area contributed by atoms with E-state index in [1.54, 1.807) is 0 Å². The summed E-state index contributed by atoms with van der Waals surface area (Å²) in [5.74, 6) is 7.30. The van der Waals surface area contributed by atoms with Gasteiger partial charge in [0, 0.05) is 16.4 Å². The monoisotopic (exact) mass is 490 g/mol. The summed E-state index contributed by atoms with van der Waals surface area (Å²) in [5.41, 5.74) is 10.9. The molecule has 3 aromatic rings. The molecular formula is C37H46. The maximum absolute atomic E-state index is 3.70. The summed E-state index contributed by atoms with van der Waals surface area (Å²) < 4.78 is 0. The van der Waals surface area contributed by atoms with E-state index in [0.717, 1.165) is 19.3 Å². The molecular weight excluding hydrogens is 444 g/mol. The Labute approximate surface area is 226 Å². The average Bonchev–Trinajstić information content (AvgIpc) is 3.14. The molecule has 0 bridgehead atoms. The Morgan fingerprint density at radius 3 is 1.86 bits per heavy atom. The summed E-state index contributed by atoms with van der Waals surface area (Å²) >= 11 is 0. The van der Waals surface area contributed by atoms with Crippen LogP contribution in [0.25, 0.3) is 11.1 Å². The van der Waals surface area contributed by atoms with E-state index in [-0.39, 0.29) is 10.8 Å². The number of rotatable bonds is 6. The minimum Gasteiger partial charge on any atom is -0.0914 e. The van der Waals surface area contributed by atoms with Crippen molar-refractivity contribution in [1.29, 1.82) is 0 Å². The van der Waals surface area contributed by atoms with Gasteiger partial charge in [0.05, 0.1) is 0 Å². The lowest BCUT2D eigenvalue weighted by atomic mass is 9.69. The Morgan fingerprint density at radius 1 is 0.730 bits per heavy atom. The van der Waals surface area contributed by atoms with Gasteiger partial charge in [-0.2, -0.15) is 0 Å². The summed E-state index contributed by atoms with van der Waals surface area (Å²) in [4.78, 5) is 0. The SMILES string of the molecule is CCc1ccc(-c2ccc(C(CC)(CC)c3ccc(C#CC4(C)CCCCCC4)c(C)c3)cc2C)cc1. The predicted octanol–water partition coefficient (Wildman–Crippen LogP) is 10.4. The molecule has 194 valence electrons. The van der Waals surface area contributed by atoms with Gasteiger partial charge in [-0.15, -0.1) is 0 Å². The first kappa shape index (κ1) is 27.3. The van der Waals surface area contributed by atoms with E-state index in [1.165, 1.54) is 83.0 Å². The first-order valence-corrected chi connectivity index (χ1v) is 14.7. The standard InChI is InChI=1S/C37H46/c1-7-30-14-16-32(17-15-30)35-21-20-34(27-29(35)5)37(8-2,9-3)33-19-18-31(28(4)26-33)22-25-36(6)23-12-10-11-13-24-36/h14-21,26-27H,7-13,23-24H2,1-6H3. The van der Waals surface area contributed by atoms with Crippen LogP contribution in [0.5, 0.6) is 0 Å². The third-order valence-electron chi connectivity index (χ3n) is 9.14. The molecule has 37 heavy (non-hydrogen) atoms. The summed E-state index contributed by atoms with van der Waals surface area (Å²) in [6.07, 6.45) is 11.1. The zero-order chi connectivity index (χ0) is 26.5. The summed E-state index contributed by atoms with van der Waals surface area (Å²) in [6, 6.07) is 23.3. The molecule has 1 aliphatic rings. The first-order valence-electron chi connectivity index (χ1n) is 14.7. The van der Waals surface area contributed by atoms with Crippen LogP contribution in [0.4, 0.5) is 0 Å². The van der Waals surface area contributed by atoms with Crippen LogP contribution in [0, 0.1) is 31.1 Å². The fourth-order valence-corrected chi connectivity index (χ4v) is 6.39. The van der Waals surface area contributed by atoms with Crippen molar-refractivity contribution in [3.8, 4) is 23.0 Å². The van der Waals surface area contributed by atoms with Crippen LogP contribution >= 0.6 is 0 Å². The first-order chi connectivity index (χ1) is 17.8. The molecule has 0 atom stereocenters. The highest BCUT2D eigenvalue weighted by molar-refractivity contribution is 5.68. The van der Waals surface area contributed by atoms with Crippen LogP contribution in [0.2, 0.25) is 0 Å². The molecule has 0 spiro atoms. The second-order valence-electron chi connectivity index (χ2n) is 11.6. The molecule has 4 rings (SSSR count). The van der Waals surface area contributed by atoms with Crippen molar-refractivity contribution in [2.75, 3.05) is 0 Å². The van der Waals surface area contributed by atoms with Gasteiger partial charge in [0.1, 0.15) is 0 Å². The summed E-state index contributed by atoms with van der Waals surface area (Å²) in [7, 11) is 0. The fraction of sp³-hybridized carbons (Fsp3) is 0.459. The number of aryl methyl sites for hydroxylation is 3. The Balaban J connectivity index is 1.66. The van der Waals surface area contributed by atoms with Crippen molar-refractivity contribution in [1.82, 2.24) is 0 Å². The third kappa shape index (κ3) is 5.88. The Morgan fingerprint density at radius 2 is 1.32 bits per heavy atom. The van der Waals surface area contributed by atoms with Crippen LogP contribution in [-0.2, 0) is 11.8 Å². The quantitative estimate of drug-likeness (QED) is 0.238. The highest BCUT2D eigenvalue weighted by Gasteiger charge is 2.31. The van der Waals surface area contributed by atoms with Gasteiger partial charge in [-0.05, 0) is 97.9 Å². The number of hydrogen-bond acceptors (Lipinski definition) is 0. The molecule has 0 heteroatoms. The van der Waals surface area contributed by atoms with Crippen LogP contribution in [0.1, 0.15) is 112 Å². The molecule has 0 aromatic heterocycles. The van der Waals surface area contributed by atoms with Gasteiger partial charge in [-0.3, -0.25) is 0 Å². The van der Waals surface area contributed by atoms with Crippen LogP contribution in [-0.4, -0.2) is 0 Å². The number of benzene rings is 3. The average molecular weight is 491 g/mol. The van der Waals surface area contributed by atoms with Crippen LogP contribution in [0.15, 0.2) is 60.7 Å². The van der Waals surface area contributed by atoms with Crippen molar-refractivity contribution >= 4 is 0 Å². The molecule has 0 heterocycles. The molecule has 0 amide bonds. The van der Waals surface area contributed by atoms with Gasteiger partial charge < -0.3 is 0 Å². The third-order valence-corrected chi connectivity index (χ3v) is 9.14. The molecule has 0 radical (unpaired) electrons. The lowest BCUT2D eigenvalue weighted by Crippen LogP contribution is -2.26. The van der Waals surface area contributed by atoms with E-state index < -0.39 is 0 Å². The van der Waals surface area contributed by atoms with Gasteiger partial charge in [-0.25, -0.2) is 0 Å². The van der Waals surface area contributed by atoms with E-state index in [0.29, 0.717) is 0 Å². The molecule has 0 aliphatic heterocycles. The van der Waals surface area contributed by atoms with E-state index in [4.69, 9.17) is 0 Å². The smallest absolute Gasteiger partial charge is 0.0290 e. The highest BCUT2D eigenvalue weighted by atomic mass is 14.3. The summed E-state index contributed by atoms with van der Waals surface area (Å²) in [5, 5.41) is 0. The van der Waals surface area contributed by atoms with Crippen molar-refractivity contribution in [3.63, 3.8) is 0 Å². The lowest BCUT2D eigenvalue weighted by Gasteiger charge is -2.34. The molecule has 0 N–H and O–H groups in total. The number of hydrogen-bond donors (Lipinski definition) is 0. The second kappa shape index (κ2) is 11.7. The lowest BCUT2D eigenvalue weighted by molar-refractivity contribution is 0.387. The Bertz CT molecular complexity index is 1250. The minimum absolute atomic E-state index is 0.0132. The maximum Gasteiger partial charge on any atom is 0.0290 e. The van der Waals surface area contributed by atoms with Gasteiger partial charge in [0.15, 0.2) is 0 Å². The van der Waals surface area contributed by atoms with E-state index >= 15 is 0 Å². The second-order valence-corrected chi connectivity index (χ2v) is 11.6. The normalized spacial score (nSPS) is 15.5. The highest BCUT2D eigenvalue weighted by Crippen LogP contribution is 2.41. The van der Waals surface area contributed by atoms with Crippen molar-refractivity contribution < 1.29 is 0 Å². The Hall–Kier alpha value is -2.78. The van der Waals surface area contributed by atoms with E-state index in [1.807, 2.05) is 0 Å². The van der Waals surface area contributed by atoms with E-state index in [9.17, 15) is 0 Å². The van der Waals surface area contributed by atoms with Crippen molar-refractivity contribution in [2.45, 2.75) is 105 Å². The van der Waals surface area contributed by atoms with Gasteiger partial charge in [0.25, 0.3) is 0 Å². The topological polar surface area (TPSA) is 0 Å². The molecule has 1 fully saturated rings. The zero-order valence-corrected chi connectivity index (χ0v) is 24.1. The zero-order valence-electron chi connectivity index (χ0n) is 24.1. The minimum atomic E-state index is 0.0132.